The normalized spacial score (nSPS) is 12.8. The number of hydrogen-bond donors (Lipinski definition) is 3. The van der Waals surface area contributed by atoms with Gasteiger partial charge in [-0.2, -0.15) is 5.10 Å². The summed E-state index contributed by atoms with van der Waals surface area (Å²) in [6, 6.07) is 1.73. The average Bonchev–Trinajstić information content (AvgIpc) is 2.46. The first-order valence-corrected chi connectivity index (χ1v) is 4.10. The summed E-state index contributed by atoms with van der Waals surface area (Å²) in [6.07, 6.45) is 0.416. The number of nitrogens with zero attached hydrogens (tertiary/aromatic N) is 1. The Bertz CT molecular complexity index is 295. The van der Waals surface area contributed by atoms with Crippen LogP contribution in [0.2, 0.25) is 0 Å². The fraction of sp³-hybridized carbons (Fsp3) is 0.500. The number of aromatic amines is 1. The van der Waals surface area contributed by atoms with Crippen molar-refractivity contribution < 1.29 is 9.90 Å². The van der Waals surface area contributed by atoms with Crippen LogP contribution in [0.15, 0.2) is 6.07 Å². The second-order valence-corrected chi connectivity index (χ2v) is 2.94. The van der Waals surface area contributed by atoms with E-state index < -0.39 is 11.9 Å². The number of carbonyl (C=O) groups is 1. The minimum atomic E-state index is -0.878. The van der Waals surface area contributed by atoms with E-state index in [2.05, 4.69) is 10.2 Å². The van der Waals surface area contributed by atoms with Crippen LogP contribution in [-0.4, -0.2) is 27.8 Å². The molecule has 4 N–H and O–H groups in total. The SMILES string of the molecule is Cc1cc(C(CCN)C(=O)O)n[nH]1. The van der Waals surface area contributed by atoms with Crippen molar-refractivity contribution in [3.05, 3.63) is 17.5 Å². The Kier molecular flexibility index (Phi) is 3.02. The summed E-state index contributed by atoms with van der Waals surface area (Å²) in [5.74, 6) is -1.47. The summed E-state index contributed by atoms with van der Waals surface area (Å²) >= 11 is 0. The second-order valence-electron chi connectivity index (χ2n) is 2.94. The lowest BCUT2D eigenvalue weighted by molar-refractivity contribution is -0.139. The molecule has 1 unspecified atom stereocenters. The number of rotatable bonds is 4. The highest BCUT2D eigenvalue weighted by Gasteiger charge is 2.21. The van der Waals surface area contributed by atoms with E-state index in [1.807, 2.05) is 6.92 Å². The average molecular weight is 183 g/mol. The van der Waals surface area contributed by atoms with Crippen LogP contribution in [0.5, 0.6) is 0 Å². The van der Waals surface area contributed by atoms with Crippen molar-refractivity contribution in [2.75, 3.05) is 6.54 Å². The Morgan fingerprint density at radius 1 is 1.85 bits per heavy atom. The maximum atomic E-state index is 10.8. The van der Waals surface area contributed by atoms with Gasteiger partial charge in [0.15, 0.2) is 0 Å². The van der Waals surface area contributed by atoms with Crippen molar-refractivity contribution in [2.45, 2.75) is 19.3 Å². The van der Waals surface area contributed by atoms with Gasteiger partial charge in [0.1, 0.15) is 5.92 Å². The van der Waals surface area contributed by atoms with E-state index in [9.17, 15) is 4.79 Å². The molecule has 0 saturated carbocycles. The molecular formula is C8H13N3O2. The van der Waals surface area contributed by atoms with E-state index in [0.717, 1.165) is 5.69 Å². The number of aromatic nitrogens is 2. The van der Waals surface area contributed by atoms with Crippen molar-refractivity contribution in [2.24, 2.45) is 5.73 Å². The first-order chi connectivity index (χ1) is 6.15. The molecule has 1 atom stereocenters. The molecule has 0 bridgehead atoms. The standard InChI is InChI=1S/C8H13N3O2/c1-5-4-7(11-10-5)6(2-3-9)8(12)13/h4,6H,2-3,9H2,1H3,(H,10,11)(H,12,13). The summed E-state index contributed by atoms with van der Waals surface area (Å²) in [5, 5.41) is 15.5. The minimum absolute atomic E-state index is 0.350. The van der Waals surface area contributed by atoms with Crippen molar-refractivity contribution >= 4 is 5.97 Å². The topological polar surface area (TPSA) is 92.0 Å². The number of aliphatic carboxylic acids is 1. The zero-order valence-corrected chi connectivity index (χ0v) is 7.45. The Balaban J connectivity index is 2.81. The summed E-state index contributed by atoms with van der Waals surface area (Å²) in [4.78, 5) is 10.8. The maximum absolute atomic E-state index is 10.8. The van der Waals surface area contributed by atoms with Gasteiger partial charge < -0.3 is 10.8 Å². The van der Waals surface area contributed by atoms with Gasteiger partial charge in [-0.15, -0.1) is 0 Å². The number of nitrogens with one attached hydrogen (secondary N) is 1. The van der Waals surface area contributed by atoms with Crippen LogP contribution >= 0.6 is 0 Å². The maximum Gasteiger partial charge on any atom is 0.312 e. The van der Waals surface area contributed by atoms with Crippen molar-refractivity contribution in [1.82, 2.24) is 10.2 Å². The lowest BCUT2D eigenvalue weighted by Crippen LogP contribution is -2.16. The first kappa shape index (κ1) is 9.73. The van der Waals surface area contributed by atoms with Crippen LogP contribution in [-0.2, 0) is 4.79 Å². The molecule has 1 heterocycles. The molecule has 0 spiro atoms. The molecule has 0 amide bonds. The molecule has 0 aliphatic rings. The van der Waals surface area contributed by atoms with Gasteiger partial charge in [0.05, 0.1) is 5.69 Å². The van der Waals surface area contributed by atoms with Gasteiger partial charge in [-0.25, -0.2) is 0 Å². The Hall–Kier alpha value is -1.36. The molecule has 5 heteroatoms. The van der Waals surface area contributed by atoms with E-state index in [1.54, 1.807) is 6.07 Å². The monoisotopic (exact) mass is 183 g/mol. The molecule has 0 saturated heterocycles. The van der Waals surface area contributed by atoms with E-state index in [1.165, 1.54) is 0 Å². The Labute approximate surface area is 75.9 Å². The Morgan fingerprint density at radius 3 is 2.92 bits per heavy atom. The number of nitrogens with two attached hydrogens (primary N) is 1. The van der Waals surface area contributed by atoms with E-state index in [4.69, 9.17) is 10.8 Å². The fourth-order valence-electron chi connectivity index (χ4n) is 1.18. The third-order valence-corrected chi connectivity index (χ3v) is 1.84. The third-order valence-electron chi connectivity index (χ3n) is 1.84. The molecule has 5 nitrogen and oxygen atoms in total. The van der Waals surface area contributed by atoms with Crippen LogP contribution in [0.4, 0.5) is 0 Å². The molecule has 1 aromatic heterocycles. The fourth-order valence-corrected chi connectivity index (χ4v) is 1.18. The minimum Gasteiger partial charge on any atom is -0.481 e. The molecule has 1 aromatic rings. The molecular weight excluding hydrogens is 170 g/mol. The van der Waals surface area contributed by atoms with Crippen molar-refractivity contribution in [3.63, 3.8) is 0 Å². The molecule has 72 valence electrons. The predicted molar refractivity (Wildman–Crippen MR) is 47.4 cm³/mol. The zero-order chi connectivity index (χ0) is 9.84. The van der Waals surface area contributed by atoms with Gasteiger partial charge >= 0.3 is 5.97 Å². The first-order valence-electron chi connectivity index (χ1n) is 4.10. The van der Waals surface area contributed by atoms with E-state index >= 15 is 0 Å². The van der Waals surface area contributed by atoms with Crippen LogP contribution in [0, 0.1) is 6.92 Å². The summed E-state index contributed by atoms with van der Waals surface area (Å²) in [7, 11) is 0. The molecule has 0 fully saturated rings. The predicted octanol–water partition coefficient (Wildman–Crippen LogP) is 0.235. The molecule has 0 aromatic carbocycles. The van der Waals surface area contributed by atoms with E-state index in [-0.39, 0.29) is 0 Å². The lowest BCUT2D eigenvalue weighted by Gasteiger charge is -2.06. The van der Waals surface area contributed by atoms with Crippen LogP contribution in [0.1, 0.15) is 23.7 Å². The largest absolute Gasteiger partial charge is 0.481 e. The Morgan fingerprint density at radius 2 is 2.54 bits per heavy atom. The molecule has 0 aliphatic carbocycles. The van der Waals surface area contributed by atoms with Crippen LogP contribution < -0.4 is 5.73 Å². The van der Waals surface area contributed by atoms with Crippen molar-refractivity contribution in [3.8, 4) is 0 Å². The van der Waals surface area contributed by atoms with Gasteiger partial charge in [-0.3, -0.25) is 9.89 Å². The highest BCUT2D eigenvalue weighted by atomic mass is 16.4. The van der Waals surface area contributed by atoms with Gasteiger partial charge in [-0.1, -0.05) is 0 Å². The summed E-state index contributed by atoms with van der Waals surface area (Å²) in [5.41, 5.74) is 6.72. The lowest BCUT2D eigenvalue weighted by atomic mass is 10.0. The van der Waals surface area contributed by atoms with Crippen molar-refractivity contribution in [1.29, 1.82) is 0 Å². The molecule has 0 aliphatic heterocycles. The third kappa shape index (κ3) is 2.29. The summed E-state index contributed by atoms with van der Waals surface area (Å²) in [6.45, 7) is 2.18. The number of hydrogen-bond acceptors (Lipinski definition) is 3. The van der Waals surface area contributed by atoms with Crippen LogP contribution in [0.25, 0.3) is 0 Å². The van der Waals surface area contributed by atoms with E-state index in [0.29, 0.717) is 18.7 Å². The second kappa shape index (κ2) is 4.04. The number of aryl methyl sites for hydroxylation is 1. The zero-order valence-electron chi connectivity index (χ0n) is 7.45. The highest BCUT2D eigenvalue weighted by molar-refractivity contribution is 5.75. The molecule has 13 heavy (non-hydrogen) atoms. The van der Waals surface area contributed by atoms with Gasteiger partial charge in [0, 0.05) is 5.69 Å². The van der Waals surface area contributed by atoms with Gasteiger partial charge in [0.25, 0.3) is 0 Å². The summed E-state index contributed by atoms with van der Waals surface area (Å²) < 4.78 is 0. The number of H-pyrrole nitrogens is 1. The van der Waals surface area contributed by atoms with Crippen LogP contribution in [0.3, 0.4) is 0 Å². The van der Waals surface area contributed by atoms with Gasteiger partial charge in [-0.05, 0) is 26.0 Å². The smallest absolute Gasteiger partial charge is 0.312 e. The quantitative estimate of drug-likeness (QED) is 0.623. The highest BCUT2D eigenvalue weighted by Crippen LogP contribution is 2.17. The number of carboxylic acid groups (broad SMARTS) is 1. The molecule has 0 radical (unpaired) electrons. The number of carboxylic acids is 1. The van der Waals surface area contributed by atoms with Gasteiger partial charge in [0.2, 0.25) is 0 Å². The molecule has 1 rings (SSSR count).